The molecule has 1 fully saturated rings. The predicted molar refractivity (Wildman–Crippen MR) is 113 cm³/mol. The molecule has 3 rings (SSSR count). The van der Waals surface area contributed by atoms with Gasteiger partial charge in [-0.3, -0.25) is 24.1 Å². The van der Waals surface area contributed by atoms with Crippen LogP contribution in [0.15, 0.2) is 18.2 Å². The second kappa shape index (κ2) is 8.98. The predicted octanol–water partition coefficient (Wildman–Crippen LogP) is 2.66. The minimum Gasteiger partial charge on any atom is -0.339 e. The smallest absolute Gasteiger partial charge is 0.261 e. The van der Waals surface area contributed by atoms with E-state index >= 15 is 0 Å². The van der Waals surface area contributed by atoms with Crippen molar-refractivity contribution in [3.8, 4) is 0 Å². The molecule has 7 nitrogen and oxygen atoms in total. The number of rotatable bonds is 6. The lowest BCUT2D eigenvalue weighted by molar-refractivity contribution is -0.137. The maximum Gasteiger partial charge on any atom is 0.261 e. The fourth-order valence-electron chi connectivity index (χ4n) is 4.16. The molecular formula is C23H31N3O4. The lowest BCUT2D eigenvalue weighted by Crippen LogP contribution is -2.51. The van der Waals surface area contributed by atoms with E-state index in [2.05, 4.69) is 0 Å². The molecular weight excluding hydrogens is 382 g/mol. The van der Waals surface area contributed by atoms with Gasteiger partial charge in [0.15, 0.2) is 0 Å². The Bertz CT molecular complexity index is 852. The first-order chi connectivity index (χ1) is 14.3. The van der Waals surface area contributed by atoms with Gasteiger partial charge in [-0.1, -0.05) is 27.7 Å². The molecule has 0 aliphatic carbocycles. The minimum absolute atomic E-state index is 0.0429. The van der Waals surface area contributed by atoms with Gasteiger partial charge in [-0.2, -0.15) is 0 Å². The van der Waals surface area contributed by atoms with E-state index in [0.717, 1.165) is 12.8 Å². The molecule has 0 bridgehead atoms. The van der Waals surface area contributed by atoms with E-state index in [9.17, 15) is 19.2 Å². The number of nitrogens with zero attached hydrogens (tertiary/aromatic N) is 3. The molecule has 1 saturated heterocycles. The third-order valence-corrected chi connectivity index (χ3v) is 5.98. The van der Waals surface area contributed by atoms with Gasteiger partial charge in [0.1, 0.15) is 0 Å². The quantitative estimate of drug-likeness (QED) is 0.672. The molecule has 30 heavy (non-hydrogen) atoms. The second-order valence-electron chi connectivity index (χ2n) is 8.51. The van der Waals surface area contributed by atoms with Crippen molar-refractivity contribution in [2.24, 2.45) is 11.8 Å². The van der Waals surface area contributed by atoms with E-state index < -0.39 is 0 Å². The van der Waals surface area contributed by atoms with Crippen molar-refractivity contribution >= 4 is 23.6 Å². The van der Waals surface area contributed by atoms with Crippen LogP contribution in [0.1, 0.15) is 71.6 Å². The van der Waals surface area contributed by atoms with E-state index in [4.69, 9.17) is 0 Å². The third kappa shape index (κ3) is 4.11. The van der Waals surface area contributed by atoms with E-state index in [0.29, 0.717) is 49.4 Å². The number of imide groups is 1. The lowest BCUT2D eigenvalue weighted by atomic mass is 10.0. The van der Waals surface area contributed by atoms with Crippen molar-refractivity contribution in [2.45, 2.75) is 40.5 Å². The highest BCUT2D eigenvalue weighted by Crippen LogP contribution is 2.25. The molecule has 2 aliphatic heterocycles. The highest BCUT2D eigenvalue weighted by atomic mass is 16.2. The Morgan fingerprint density at radius 1 is 0.900 bits per heavy atom. The molecule has 0 saturated carbocycles. The Labute approximate surface area is 178 Å². The summed E-state index contributed by atoms with van der Waals surface area (Å²) in [5, 5.41) is 0. The molecule has 0 unspecified atom stereocenters. The number of amides is 4. The maximum absolute atomic E-state index is 13.0. The van der Waals surface area contributed by atoms with Crippen molar-refractivity contribution < 1.29 is 19.2 Å². The largest absolute Gasteiger partial charge is 0.339 e. The Kier molecular flexibility index (Phi) is 6.58. The topological polar surface area (TPSA) is 78.0 Å². The van der Waals surface area contributed by atoms with Crippen LogP contribution in [0.2, 0.25) is 0 Å². The van der Waals surface area contributed by atoms with Crippen molar-refractivity contribution in [3.05, 3.63) is 34.9 Å². The Morgan fingerprint density at radius 3 is 2.03 bits per heavy atom. The number of carbonyl (C=O) groups is 4. The van der Waals surface area contributed by atoms with E-state index in [1.807, 2.05) is 32.6 Å². The molecule has 0 N–H and O–H groups in total. The van der Waals surface area contributed by atoms with Crippen molar-refractivity contribution in [2.75, 3.05) is 32.7 Å². The van der Waals surface area contributed by atoms with Gasteiger partial charge in [-0.25, -0.2) is 0 Å². The summed E-state index contributed by atoms with van der Waals surface area (Å²) in [5.41, 5.74) is 1.06. The van der Waals surface area contributed by atoms with Crippen molar-refractivity contribution in [1.82, 2.24) is 14.7 Å². The Morgan fingerprint density at radius 2 is 1.47 bits per heavy atom. The number of carbonyl (C=O) groups excluding carboxylic acids is 4. The molecule has 0 spiro atoms. The molecule has 1 aromatic carbocycles. The van der Waals surface area contributed by atoms with Crippen LogP contribution in [0.5, 0.6) is 0 Å². The van der Waals surface area contributed by atoms with Gasteiger partial charge in [0.2, 0.25) is 5.91 Å². The number of piperazine rings is 1. The first-order valence-corrected chi connectivity index (χ1v) is 10.9. The summed E-state index contributed by atoms with van der Waals surface area (Å²) >= 11 is 0. The zero-order valence-electron chi connectivity index (χ0n) is 18.3. The van der Waals surface area contributed by atoms with Crippen LogP contribution in [0, 0.1) is 11.8 Å². The molecule has 162 valence electrons. The average molecular weight is 414 g/mol. The first-order valence-electron chi connectivity index (χ1n) is 10.9. The fraction of sp³-hybridized carbons (Fsp3) is 0.565. The Hall–Kier alpha value is -2.70. The van der Waals surface area contributed by atoms with Gasteiger partial charge >= 0.3 is 0 Å². The summed E-state index contributed by atoms with van der Waals surface area (Å²) in [6.45, 7) is 10.3. The molecule has 0 aromatic heterocycles. The molecule has 0 atom stereocenters. The Balaban J connectivity index is 1.69. The molecule has 1 aromatic rings. The van der Waals surface area contributed by atoms with Crippen LogP contribution < -0.4 is 0 Å². The van der Waals surface area contributed by atoms with Gasteiger partial charge in [0, 0.05) is 44.2 Å². The monoisotopic (exact) mass is 413 g/mol. The van der Waals surface area contributed by atoms with Crippen LogP contribution in [-0.4, -0.2) is 71.1 Å². The van der Waals surface area contributed by atoms with Crippen LogP contribution in [0.3, 0.4) is 0 Å². The number of hydrogen-bond donors (Lipinski definition) is 0. The average Bonchev–Trinajstić information content (AvgIpc) is 2.98. The summed E-state index contributed by atoms with van der Waals surface area (Å²) in [6, 6.07) is 4.74. The van der Waals surface area contributed by atoms with E-state index in [1.165, 1.54) is 4.90 Å². The van der Waals surface area contributed by atoms with Gasteiger partial charge in [-0.15, -0.1) is 0 Å². The van der Waals surface area contributed by atoms with Gasteiger partial charge in [-0.05, 0) is 37.0 Å². The molecule has 7 heteroatoms. The summed E-state index contributed by atoms with van der Waals surface area (Å²) in [4.78, 5) is 55.5. The summed E-state index contributed by atoms with van der Waals surface area (Å²) in [5.74, 6) is -0.419. The maximum atomic E-state index is 13.0. The summed E-state index contributed by atoms with van der Waals surface area (Å²) < 4.78 is 0. The zero-order valence-corrected chi connectivity index (χ0v) is 18.3. The van der Waals surface area contributed by atoms with Crippen molar-refractivity contribution in [3.63, 3.8) is 0 Å². The molecule has 4 amide bonds. The molecule has 0 radical (unpaired) electrons. The van der Waals surface area contributed by atoms with Gasteiger partial charge < -0.3 is 9.80 Å². The summed E-state index contributed by atoms with van der Waals surface area (Å²) in [6.07, 6.45) is 1.65. The number of fused-ring (bicyclic) bond motifs is 1. The van der Waals surface area contributed by atoms with Crippen LogP contribution >= 0.6 is 0 Å². The highest BCUT2D eigenvalue weighted by molar-refractivity contribution is 6.22. The van der Waals surface area contributed by atoms with E-state index in [1.54, 1.807) is 23.1 Å². The van der Waals surface area contributed by atoms with Crippen LogP contribution in [0.4, 0.5) is 0 Å². The number of hydrogen-bond acceptors (Lipinski definition) is 4. The fourth-order valence-corrected chi connectivity index (χ4v) is 4.16. The molecule has 2 heterocycles. The molecule has 2 aliphatic rings. The van der Waals surface area contributed by atoms with Crippen molar-refractivity contribution in [1.29, 1.82) is 0 Å². The standard InChI is InChI=1S/C23H31N3O4/c1-5-16(6-2)20(27)24-9-11-25(12-10-24)21(28)17-7-8-18-19(13-17)23(30)26(22(18)29)14-15(3)4/h7-8,13,15-16H,5-6,9-12,14H2,1-4H3. The normalized spacial score (nSPS) is 16.7. The van der Waals surface area contributed by atoms with Crippen LogP contribution in [-0.2, 0) is 4.79 Å². The highest BCUT2D eigenvalue weighted by Gasteiger charge is 2.36. The van der Waals surface area contributed by atoms with E-state index in [-0.39, 0.29) is 35.5 Å². The minimum atomic E-state index is -0.334. The third-order valence-electron chi connectivity index (χ3n) is 5.98. The first kappa shape index (κ1) is 22.0. The zero-order chi connectivity index (χ0) is 22.0. The SMILES string of the molecule is CCC(CC)C(=O)N1CCN(C(=O)c2ccc3c(c2)C(=O)N(CC(C)C)C3=O)CC1. The van der Waals surface area contributed by atoms with Gasteiger partial charge in [0.25, 0.3) is 17.7 Å². The second-order valence-corrected chi connectivity index (χ2v) is 8.51. The summed E-state index contributed by atoms with van der Waals surface area (Å²) in [7, 11) is 0. The lowest BCUT2D eigenvalue weighted by Gasteiger charge is -2.36. The van der Waals surface area contributed by atoms with Crippen LogP contribution in [0.25, 0.3) is 0 Å². The number of benzene rings is 1. The van der Waals surface area contributed by atoms with Gasteiger partial charge in [0.05, 0.1) is 11.1 Å².